The largest absolute Gasteiger partial charge is 0.461 e. The van der Waals surface area contributed by atoms with Crippen LogP contribution in [0.1, 0.15) is 19.4 Å². The number of nitrogens with zero attached hydrogens (tertiary/aromatic N) is 1. The number of hydrogen-bond acceptors (Lipinski definition) is 9. The zero-order chi connectivity index (χ0) is 21.1. The number of nitrogens with two attached hydrogens (primary N) is 1. The number of thioether (sulfide) groups is 1. The van der Waals surface area contributed by atoms with E-state index < -0.39 is 23.9 Å². The molecule has 2 atom stereocenters. The molecule has 0 spiro atoms. The molecule has 3 rings (SSSR count). The van der Waals surface area contributed by atoms with Gasteiger partial charge < -0.3 is 19.9 Å². The van der Waals surface area contributed by atoms with Crippen LogP contribution in [0.25, 0.3) is 0 Å². The number of carbonyl (C=O) groups is 4. The van der Waals surface area contributed by atoms with Crippen LogP contribution in [0.3, 0.4) is 0 Å². The molecule has 1 aromatic rings. The number of fused-ring (bicyclic) bond motifs is 1. The van der Waals surface area contributed by atoms with E-state index in [2.05, 4.69) is 0 Å². The van der Waals surface area contributed by atoms with Gasteiger partial charge >= 0.3 is 17.9 Å². The number of hydrogen-bond donors (Lipinski definition) is 1. The molecule has 2 unspecified atom stereocenters. The number of ether oxygens (including phenoxy) is 3. The molecule has 2 N–H and O–H groups in total. The van der Waals surface area contributed by atoms with E-state index in [1.54, 1.807) is 24.3 Å². The van der Waals surface area contributed by atoms with Gasteiger partial charge in [0.05, 0.1) is 0 Å². The lowest BCUT2D eigenvalue weighted by molar-refractivity contribution is -0.151. The summed E-state index contributed by atoms with van der Waals surface area (Å²) >= 11 is 1.41. The lowest BCUT2D eigenvalue weighted by Gasteiger charge is -2.48. The van der Waals surface area contributed by atoms with Gasteiger partial charge in [0.25, 0.3) is 0 Å². The molecule has 2 heterocycles. The van der Waals surface area contributed by atoms with Crippen LogP contribution in [0.5, 0.6) is 5.75 Å². The molecule has 0 aromatic heterocycles. The van der Waals surface area contributed by atoms with E-state index >= 15 is 0 Å². The number of esters is 3. The molecule has 1 amide bonds. The van der Waals surface area contributed by atoms with E-state index in [-0.39, 0.29) is 30.2 Å². The van der Waals surface area contributed by atoms with Crippen LogP contribution >= 0.6 is 11.8 Å². The van der Waals surface area contributed by atoms with E-state index in [0.29, 0.717) is 22.6 Å². The second-order valence-corrected chi connectivity index (χ2v) is 7.59. The zero-order valence-corrected chi connectivity index (χ0v) is 16.7. The lowest BCUT2D eigenvalue weighted by atomic mass is 10.0. The Hall–Kier alpha value is -2.85. The normalized spacial score (nSPS) is 20.5. The molecule has 0 saturated carbocycles. The summed E-state index contributed by atoms with van der Waals surface area (Å²) in [4.78, 5) is 48.3. The first-order valence-electron chi connectivity index (χ1n) is 8.78. The van der Waals surface area contributed by atoms with E-state index in [1.165, 1.54) is 30.5 Å². The molecule has 2 aliphatic rings. The standard InChI is InChI=1S/C19H20N2O7S/c1-10(22)26-8-13-9-29-18-15(20)17(24)21(18)16(13)19(25)27-7-12-3-5-14(6-4-12)28-11(2)23/h3-6,15,18H,7-9,20H2,1-2H3. The Kier molecular flexibility index (Phi) is 6.23. The van der Waals surface area contributed by atoms with Crippen LogP contribution in [0.2, 0.25) is 0 Å². The van der Waals surface area contributed by atoms with E-state index in [4.69, 9.17) is 19.9 Å². The van der Waals surface area contributed by atoms with Gasteiger partial charge in [0.2, 0.25) is 5.91 Å². The number of carbonyl (C=O) groups excluding carboxylic acids is 4. The smallest absolute Gasteiger partial charge is 0.355 e. The predicted molar refractivity (Wildman–Crippen MR) is 102 cm³/mol. The lowest BCUT2D eigenvalue weighted by Crippen LogP contribution is -2.68. The summed E-state index contributed by atoms with van der Waals surface area (Å²) in [5.41, 5.74) is 7.06. The van der Waals surface area contributed by atoms with E-state index in [9.17, 15) is 19.2 Å². The van der Waals surface area contributed by atoms with Crippen molar-refractivity contribution in [3.63, 3.8) is 0 Å². The molecular formula is C19H20N2O7S. The maximum atomic E-state index is 12.7. The third-order valence-corrected chi connectivity index (χ3v) is 5.65. The highest BCUT2D eigenvalue weighted by molar-refractivity contribution is 8.00. The van der Waals surface area contributed by atoms with Crippen molar-refractivity contribution in [3.8, 4) is 5.75 Å². The highest BCUT2D eigenvalue weighted by Gasteiger charge is 2.52. The monoisotopic (exact) mass is 420 g/mol. The molecule has 2 aliphatic heterocycles. The van der Waals surface area contributed by atoms with E-state index in [1.807, 2.05) is 0 Å². The predicted octanol–water partition coefficient (Wildman–Crippen LogP) is 0.715. The fraction of sp³-hybridized carbons (Fsp3) is 0.368. The molecule has 154 valence electrons. The first-order valence-corrected chi connectivity index (χ1v) is 9.83. The van der Waals surface area contributed by atoms with Gasteiger partial charge in [-0.25, -0.2) is 4.79 Å². The Bertz CT molecular complexity index is 881. The van der Waals surface area contributed by atoms with Crippen LogP contribution in [-0.2, 0) is 35.3 Å². The minimum absolute atomic E-state index is 0.0462. The summed E-state index contributed by atoms with van der Waals surface area (Å²) in [5, 5.41) is -0.339. The highest BCUT2D eigenvalue weighted by Crippen LogP contribution is 2.39. The molecule has 0 bridgehead atoms. The first-order chi connectivity index (χ1) is 13.8. The first kappa shape index (κ1) is 20.9. The summed E-state index contributed by atoms with van der Waals surface area (Å²) in [6.45, 7) is 2.42. The van der Waals surface area contributed by atoms with Gasteiger partial charge in [-0.05, 0) is 17.7 Å². The molecule has 29 heavy (non-hydrogen) atoms. The molecule has 1 aromatic carbocycles. The van der Waals surface area contributed by atoms with Crippen molar-refractivity contribution in [1.82, 2.24) is 4.90 Å². The minimum Gasteiger partial charge on any atom is -0.461 e. The average molecular weight is 420 g/mol. The van der Waals surface area contributed by atoms with Crippen molar-refractivity contribution in [2.75, 3.05) is 12.4 Å². The van der Waals surface area contributed by atoms with Crippen LogP contribution in [-0.4, -0.2) is 52.5 Å². The Morgan fingerprint density at radius 3 is 2.41 bits per heavy atom. The van der Waals surface area contributed by atoms with Gasteiger partial charge in [-0.15, -0.1) is 11.8 Å². The quantitative estimate of drug-likeness (QED) is 0.402. The van der Waals surface area contributed by atoms with Gasteiger partial charge in [-0.1, -0.05) is 12.1 Å². The Morgan fingerprint density at radius 1 is 1.10 bits per heavy atom. The molecule has 9 nitrogen and oxygen atoms in total. The molecule has 1 fully saturated rings. The maximum absolute atomic E-state index is 12.7. The topological polar surface area (TPSA) is 125 Å². The average Bonchev–Trinajstić information content (AvgIpc) is 2.69. The molecular weight excluding hydrogens is 400 g/mol. The fourth-order valence-electron chi connectivity index (χ4n) is 2.91. The van der Waals surface area contributed by atoms with Crippen LogP contribution in [0, 0.1) is 0 Å². The summed E-state index contributed by atoms with van der Waals surface area (Å²) in [6, 6.07) is 5.81. The molecule has 0 aliphatic carbocycles. The number of amides is 1. The summed E-state index contributed by atoms with van der Waals surface area (Å²) in [6.07, 6.45) is 0. The highest BCUT2D eigenvalue weighted by atomic mass is 32.2. The van der Waals surface area contributed by atoms with Gasteiger partial charge in [-0.2, -0.15) is 0 Å². The van der Waals surface area contributed by atoms with Gasteiger partial charge in [-0.3, -0.25) is 19.3 Å². The molecule has 10 heteroatoms. The van der Waals surface area contributed by atoms with Crippen molar-refractivity contribution in [1.29, 1.82) is 0 Å². The maximum Gasteiger partial charge on any atom is 0.355 e. The zero-order valence-electron chi connectivity index (χ0n) is 15.9. The number of rotatable bonds is 6. The number of benzene rings is 1. The fourth-order valence-corrected chi connectivity index (χ4v) is 4.18. The van der Waals surface area contributed by atoms with Crippen molar-refractivity contribution < 1.29 is 33.4 Å². The Morgan fingerprint density at radius 2 is 1.79 bits per heavy atom. The second-order valence-electron chi connectivity index (χ2n) is 6.48. The molecule has 0 radical (unpaired) electrons. The third-order valence-electron chi connectivity index (χ3n) is 4.29. The van der Waals surface area contributed by atoms with Gasteiger partial charge in [0, 0.05) is 25.2 Å². The summed E-state index contributed by atoms with van der Waals surface area (Å²) < 4.78 is 15.3. The van der Waals surface area contributed by atoms with Crippen molar-refractivity contribution in [2.45, 2.75) is 31.9 Å². The second kappa shape index (κ2) is 8.66. The number of β-lactam (4-membered cyclic amide) rings is 1. The minimum atomic E-state index is -0.693. The Labute approximate surface area is 171 Å². The summed E-state index contributed by atoms with van der Waals surface area (Å²) in [5.74, 6) is -1.21. The van der Waals surface area contributed by atoms with E-state index in [0.717, 1.165) is 0 Å². The van der Waals surface area contributed by atoms with Crippen LogP contribution in [0.4, 0.5) is 0 Å². The third kappa shape index (κ3) is 4.60. The van der Waals surface area contributed by atoms with Gasteiger partial charge in [0.15, 0.2) is 0 Å². The SMILES string of the molecule is CC(=O)OCC1=C(C(=O)OCc2ccc(OC(C)=O)cc2)N2C(=O)C(N)C2SC1. The van der Waals surface area contributed by atoms with Crippen molar-refractivity contribution in [2.24, 2.45) is 5.73 Å². The molecule has 1 saturated heterocycles. The van der Waals surface area contributed by atoms with Crippen LogP contribution in [0.15, 0.2) is 35.5 Å². The van der Waals surface area contributed by atoms with Crippen molar-refractivity contribution >= 4 is 35.6 Å². The summed E-state index contributed by atoms with van der Waals surface area (Å²) in [7, 11) is 0. The van der Waals surface area contributed by atoms with Crippen molar-refractivity contribution in [3.05, 3.63) is 41.1 Å². The Balaban J connectivity index is 1.72. The van der Waals surface area contributed by atoms with Crippen LogP contribution < -0.4 is 10.5 Å². The van der Waals surface area contributed by atoms with Gasteiger partial charge in [0.1, 0.15) is 36.1 Å².